The molecule has 4 aliphatic rings. The lowest BCUT2D eigenvalue weighted by Crippen LogP contribution is -2.42. The van der Waals surface area contributed by atoms with Crippen LogP contribution in [0.4, 0.5) is 18.9 Å². The van der Waals surface area contributed by atoms with Gasteiger partial charge in [0, 0.05) is 27.3 Å². The Hall–Kier alpha value is -3.58. The Labute approximate surface area is 245 Å². The molecule has 2 N–H and O–H groups in total. The molecular formula is C29H24F3N3O5S2. The summed E-state index contributed by atoms with van der Waals surface area (Å²) < 4.78 is 45.0. The molecule has 1 aromatic heterocycles. The minimum Gasteiger partial charge on any atom is -0.496 e. The van der Waals surface area contributed by atoms with Crippen LogP contribution in [0.3, 0.4) is 0 Å². The number of anilines is 1. The number of fused-ring (bicyclic) bond motifs is 9. The van der Waals surface area contributed by atoms with E-state index in [9.17, 15) is 32.3 Å². The van der Waals surface area contributed by atoms with Gasteiger partial charge in [-0.25, -0.2) is 0 Å². The van der Waals surface area contributed by atoms with Gasteiger partial charge in [0.2, 0.25) is 17.7 Å². The number of imide groups is 1. The third-order valence-corrected chi connectivity index (χ3v) is 11.7. The SMILES string of the molecule is COc1ccccc1[C@H]1c2sc(=O)[nH]c2SC2C3CC(C4C(=O)N(CC(=O)Nc5cccc(C(F)(F)F)c5)C(=O)C34)C21. The molecule has 13 heteroatoms. The van der Waals surface area contributed by atoms with Crippen molar-refractivity contribution in [3.05, 3.63) is 74.2 Å². The first-order valence-corrected chi connectivity index (χ1v) is 15.1. The number of halogens is 3. The van der Waals surface area contributed by atoms with E-state index < -0.39 is 47.8 Å². The van der Waals surface area contributed by atoms with Crippen molar-refractivity contribution in [1.82, 2.24) is 9.88 Å². The number of hydrogen-bond donors (Lipinski definition) is 2. The number of rotatable bonds is 5. The Balaban J connectivity index is 1.17. The highest BCUT2D eigenvalue weighted by Crippen LogP contribution is 2.69. The number of likely N-dealkylation sites (tertiary alicyclic amines) is 1. The molecular weight excluding hydrogens is 591 g/mol. The number of carbonyl (C=O) groups is 3. The van der Waals surface area contributed by atoms with Crippen LogP contribution in [0, 0.1) is 29.6 Å². The number of aromatic amines is 1. The van der Waals surface area contributed by atoms with Gasteiger partial charge in [-0.2, -0.15) is 13.2 Å². The molecule has 2 saturated carbocycles. The minimum absolute atomic E-state index is 0.0282. The minimum atomic E-state index is -4.58. The van der Waals surface area contributed by atoms with Crippen molar-refractivity contribution in [3.63, 3.8) is 0 Å². The lowest BCUT2D eigenvalue weighted by molar-refractivity contribution is -0.143. The van der Waals surface area contributed by atoms with Crippen LogP contribution >= 0.6 is 23.1 Å². The van der Waals surface area contributed by atoms with E-state index in [2.05, 4.69) is 10.3 Å². The Bertz CT molecular complexity index is 1690. The van der Waals surface area contributed by atoms with Gasteiger partial charge in [-0.15, -0.1) is 11.8 Å². The Morgan fingerprint density at radius 1 is 1.07 bits per heavy atom. The Morgan fingerprint density at radius 2 is 1.81 bits per heavy atom. The first kappa shape index (κ1) is 27.3. The molecule has 3 fully saturated rings. The maximum absolute atomic E-state index is 13.7. The molecule has 1 saturated heterocycles. The van der Waals surface area contributed by atoms with Crippen molar-refractivity contribution in [1.29, 1.82) is 0 Å². The van der Waals surface area contributed by atoms with E-state index in [1.54, 1.807) is 18.9 Å². The van der Waals surface area contributed by atoms with Crippen LogP contribution in [0.25, 0.3) is 0 Å². The number of aromatic nitrogens is 1. The predicted octanol–water partition coefficient (Wildman–Crippen LogP) is 4.58. The van der Waals surface area contributed by atoms with Crippen LogP contribution in [0.5, 0.6) is 5.75 Å². The van der Waals surface area contributed by atoms with Crippen molar-refractivity contribution < 1.29 is 32.3 Å². The number of para-hydroxylation sites is 1. The summed E-state index contributed by atoms with van der Waals surface area (Å²) in [6.07, 6.45) is -3.89. The van der Waals surface area contributed by atoms with Crippen molar-refractivity contribution in [2.24, 2.45) is 29.6 Å². The van der Waals surface area contributed by atoms with Crippen LogP contribution < -0.4 is 14.9 Å². The molecule has 7 rings (SSSR count). The highest BCUT2D eigenvalue weighted by Gasteiger charge is 2.69. The van der Waals surface area contributed by atoms with Gasteiger partial charge in [-0.1, -0.05) is 35.6 Å². The fourth-order valence-electron chi connectivity index (χ4n) is 7.62. The van der Waals surface area contributed by atoms with Crippen LogP contribution in [-0.4, -0.2) is 46.5 Å². The van der Waals surface area contributed by atoms with Gasteiger partial charge in [0.15, 0.2) is 0 Å². The lowest BCUT2D eigenvalue weighted by Gasteiger charge is -2.43. The standard InChI is InChI=1S/C29H24F3N3O5S2/c1-40-17-8-3-2-7-14(17)19-20-15-10-16(23(20)41-25-24(19)42-28(39)34-25)22-21(15)26(37)35(27(22)38)11-18(36)33-13-6-4-5-12(9-13)29(30,31)32/h2-9,15-16,19-23H,10-11H2,1H3,(H,33,36)(H,34,39)/t15?,16?,19-,20?,21?,22?,23?/m1/s1. The molecule has 2 aliphatic heterocycles. The van der Waals surface area contributed by atoms with Crippen molar-refractivity contribution in [3.8, 4) is 5.75 Å². The maximum atomic E-state index is 13.7. The van der Waals surface area contributed by atoms with Crippen LogP contribution in [0.1, 0.15) is 28.3 Å². The smallest absolute Gasteiger partial charge is 0.416 e. The Kier molecular flexibility index (Phi) is 6.32. The largest absolute Gasteiger partial charge is 0.496 e. The van der Waals surface area contributed by atoms with Gasteiger partial charge < -0.3 is 15.0 Å². The average Bonchev–Trinajstić information content (AvgIpc) is 3.68. The summed E-state index contributed by atoms with van der Waals surface area (Å²) in [5.41, 5.74) is -0.0688. The van der Waals surface area contributed by atoms with E-state index >= 15 is 0 Å². The first-order valence-electron chi connectivity index (χ1n) is 13.4. The van der Waals surface area contributed by atoms with E-state index in [1.165, 1.54) is 12.1 Å². The summed E-state index contributed by atoms with van der Waals surface area (Å²) >= 11 is 2.71. The van der Waals surface area contributed by atoms with Gasteiger partial charge in [-0.05, 0) is 48.4 Å². The van der Waals surface area contributed by atoms with Gasteiger partial charge in [0.25, 0.3) is 0 Å². The average molecular weight is 616 g/mol. The zero-order valence-corrected chi connectivity index (χ0v) is 23.6. The number of nitrogens with zero attached hydrogens (tertiary/aromatic N) is 1. The second kappa shape index (κ2) is 9.73. The second-order valence-electron chi connectivity index (χ2n) is 11.1. The fourth-order valence-corrected chi connectivity index (χ4v) is 10.5. The van der Waals surface area contributed by atoms with Gasteiger partial charge >= 0.3 is 11.0 Å². The number of H-pyrrole nitrogens is 1. The number of thioether (sulfide) groups is 1. The number of alkyl halides is 3. The van der Waals surface area contributed by atoms with Gasteiger partial charge in [-0.3, -0.25) is 24.1 Å². The van der Waals surface area contributed by atoms with E-state index in [0.29, 0.717) is 12.2 Å². The van der Waals surface area contributed by atoms with Crippen molar-refractivity contribution in [2.75, 3.05) is 19.0 Å². The van der Waals surface area contributed by atoms with Crippen LogP contribution in [0.2, 0.25) is 0 Å². The molecule has 42 heavy (non-hydrogen) atoms. The normalized spacial score (nSPS) is 29.3. The Morgan fingerprint density at radius 3 is 2.55 bits per heavy atom. The maximum Gasteiger partial charge on any atom is 0.416 e. The molecule has 2 aromatic carbocycles. The van der Waals surface area contributed by atoms with E-state index in [1.807, 2.05) is 24.3 Å². The van der Waals surface area contributed by atoms with E-state index in [4.69, 9.17) is 4.74 Å². The van der Waals surface area contributed by atoms with E-state index in [-0.39, 0.29) is 39.5 Å². The summed E-state index contributed by atoms with van der Waals surface area (Å²) in [5.74, 6) is -2.61. The molecule has 218 valence electrons. The number of benzene rings is 2. The van der Waals surface area contributed by atoms with Gasteiger partial charge in [0.1, 0.15) is 12.3 Å². The number of amides is 3. The molecule has 7 atom stereocenters. The van der Waals surface area contributed by atoms with Crippen molar-refractivity contribution in [2.45, 2.75) is 28.8 Å². The first-order chi connectivity index (χ1) is 20.1. The second-order valence-corrected chi connectivity index (χ2v) is 13.3. The van der Waals surface area contributed by atoms with Crippen molar-refractivity contribution >= 4 is 46.5 Å². The topological polar surface area (TPSA) is 109 Å². The molecule has 3 heterocycles. The molecule has 2 aliphatic carbocycles. The van der Waals surface area contributed by atoms with E-state index in [0.717, 1.165) is 43.8 Å². The third kappa shape index (κ3) is 4.11. The van der Waals surface area contributed by atoms with Gasteiger partial charge in [0.05, 0.1) is 29.5 Å². The number of nitrogens with one attached hydrogen (secondary N) is 2. The zero-order chi connectivity index (χ0) is 29.5. The number of thiazole rings is 1. The highest BCUT2D eigenvalue weighted by atomic mass is 32.2. The highest BCUT2D eigenvalue weighted by molar-refractivity contribution is 8.00. The molecule has 6 unspecified atom stereocenters. The number of ether oxygens (including phenoxy) is 1. The molecule has 3 amide bonds. The molecule has 3 aromatic rings. The molecule has 0 spiro atoms. The quantitative estimate of drug-likeness (QED) is 0.407. The molecule has 8 nitrogen and oxygen atoms in total. The fraction of sp³-hybridized carbons (Fsp3) is 0.379. The summed E-state index contributed by atoms with van der Waals surface area (Å²) in [6.45, 7) is -0.570. The van der Waals surface area contributed by atoms with Crippen LogP contribution in [0.15, 0.2) is 58.4 Å². The summed E-state index contributed by atoms with van der Waals surface area (Å²) in [7, 11) is 1.59. The lowest BCUT2D eigenvalue weighted by atomic mass is 9.68. The molecule has 2 bridgehead atoms. The summed E-state index contributed by atoms with van der Waals surface area (Å²) in [4.78, 5) is 57.3. The number of hydrogen-bond acceptors (Lipinski definition) is 7. The van der Waals surface area contributed by atoms with Crippen LogP contribution in [-0.2, 0) is 20.6 Å². The molecule has 0 radical (unpaired) electrons. The summed E-state index contributed by atoms with van der Waals surface area (Å²) in [6, 6.07) is 11.8. The summed E-state index contributed by atoms with van der Waals surface area (Å²) in [5, 5.41) is 3.15. The monoisotopic (exact) mass is 615 g/mol. The third-order valence-electron chi connectivity index (χ3n) is 9.06. The number of carbonyl (C=O) groups excluding carboxylic acids is 3. The predicted molar refractivity (Wildman–Crippen MR) is 148 cm³/mol. The number of methoxy groups -OCH3 is 1. The zero-order valence-electron chi connectivity index (χ0n) is 22.0.